The van der Waals surface area contributed by atoms with Crippen LogP contribution in [-0.2, 0) is 6.42 Å². The number of amides is 2. The zero-order chi connectivity index (χ0) is 18.8. The summed E-state index contributed by atoms with van der Waals surface area (Å²) in [6.45, 7) is 1.84. The van der Waals surface area contributed by atoms with E-state index in [-0.39, 0.29) is 11.8 Å². The summed E-state index contributed by atoms with van der Waals surface area (Å²) in [5.74, 6) is 0.508. The van der Waals surface area contributed by atoms with Crippen LogP contribution < -0.4 is 5.43 Å². The van der Waals surface area contributed by atoms with Crippen molar-refractivity contribution in [1.82, 2.24) is 10.3 Å². The third-order valence-corrected chi connectivity index (χ3v) is 4.67. The molecule has 3 rings (SSSR count). The van der Waals surface area contributed by atoms with Crippen molar-refractivity contribution in [3.8, 4) is 0 Å². The van der Waals surface area contributed by atoms with E-state index in [1.807, 2.05) is 6.92 Å². The lowest BCUT2D eigenvalue weighted by atomic mass is 9.93. The van der Waals surface area contributed by atoms with Crippen LogP contribution >= 0.6 is 11.6 Å². The summed E-state index contributed by atoms with van der Waals surface area (Å²) in [6.07, 6.45) is 2.29. The molecule has 7 heteroatoms. The fourth-order valence-electron chi connectivity index (χ4n) is 3.01. The minimum Gasteiger partial charge on any atom is -0.455 e. The van der Waals surface area contributed by atoms with Crippen LogP contribution in [0, 0.1) is 6.92 Å². The van der Waals surface area contributed by atoms with Crippen molar-refractivity contribution in [2.24, 2.45) is 5.10 Å². The lowest BCUT2D eigenvalue weighted by Crippen LogP contribution is -2.23. The third-order valence-electron chi connectivity index (χ3n) is 4.34. The number of nitrogens with zero attached hydrogens (tertiary/aromatic N) is 2. The normalized spacial score (nSPS) is 14.8. The predicted octanol–water partition coefficient (Wildman–Crippen LogP) is 3.41. The van der Waals surface area contributed by atoms with Gasteiger partial charge in [-0.25, -0.2) is 5.43 Å². The molecule has 0 saturated carbocycles. The summed E-state index contributed by atoms with van der Waals surface area (Å²) >= 11 is 6.05. The van der Waals surface area contributed by atoms with E-state index in [2.05, 4.69) is 10.5 Å². The highest BCUT2D eigenvalue weighted by atomic mass is 35.5. The summed E-state index contributed by atoms with van der Waals surface area (Å²) in [7, 11) is 3.37. The van der Waals surface area contributed by atoms with Crippen molar-refractivity contribution in [2.75, 3.05) is 14.1 Å². The van der Waals surface area contributed by atoms with Gasteiger partial charge in [0.15, 0.2) is 5.76 Å². The maximum absolute atomic E-state index is 12.3. The number of rotatable bonds is 3. The van der Waals surface area contributed by atoms with E-state index < -0.39 is 0 Å². The van der Waals surface area contributed by atoms with Gasteiger partial charge in [0.2, 0.25) is 0 Å². The highest BCUT2D eigenvalue weighted by molar-refractivity contribution is 6.33. The van der Waals surface area contributed by atoms with Gasteiger partial charge in [-0.3, -0.25) is 9.59 Å². The SMILES string of the molecule is Cc1c(C(=O)N(C)C)oc2c1/C(=N/NC(=O)c1ccccc1Cl)CCC2. The molecule has 0 aliphatic heterocycles. The van der Waals surface area contributed by atoms with Gasteiger partial charge in [-0.2, -0.15) is 5.10 Å². The Balaban J connectivity index is 1.90. The Bertz CT molecular complexity index is 899. The Kier molecular flexibility index (Phi) is 5.13. The Hall–Kier alpha value is -2.60. The molecule has 6 nitrogen and oxygen atoms in total. The molecular formula is C19H20ClN3O3. The first-order valence-corrected chi connectivity index (χ1v) is 8.73. The van der Waals surface area contributed by atoms with Crippen LogP contribution in [0.25, 0.3) is 0 Å². The molecule has 0 spiro atoms. The maximum atomic E-state index is 12.3. The second kappa shape index (κ2) is 7.33. The van der Waals surface area contributed by atoms with Crippen LogP contribution in [-0.4, -0.2) is 36.5 Å². The summed E-state index contributed by atoms with van der Waals surface area (Å²) in [5, 5.41) is 4.66. The van der Waals surface area contributed by atoms with E-state index in [9.17, 15) is 9.59 Å². The Morgan fingerprint density at radius 3 is 2.65 bits per heavy atom. The van der Waals surface area contributed by atoms with Crippen LogP contribution in [0.3, 0.4) is 0 Å². The number of aryl methyl sites for hydroxylation is 1. The largest absolute Gasteiger partial charge is 0.455 e. The van der Waals surface area contributed by atoms with Gasteiger partial charge in [0.25, 0.3) is 11.8 Å². The Morgan fingerprint density at radius 2 is 1.96 bits per heavy atom. The molecule has 0 radical (unpaired) electrons. The molecule has 1 aliphatic carbocycles. The average Bonchev–Trinajstić information content (AvgIpc) is 2.96. The molecule has 2 aromatic rings. The molecule has 0 atom stereocenters. The van der Waals surface area contributed by atoms with Gasteiger partial charge in [0, 0.05) is 31.6 Å². The number of halogens is 1. The first-order valence-electron chi connectivity index (χ1n) is 8.36. The molecule has 0 saturated heterocycles. The molecule has 1 heterocycles. The predicted molar refractivity (Wildman–Crippen MR) is 99.9 cm³/mol. The maximum Gasteiger partial charge on any atom is 0.289 e. The molecule has 1 aliphatic rings. The fourth-order valence-corrected chi connectivity index (χ4v) is 3.23. The van der Waals surface area contributed by atoms with Crippen molar-refractivity contribution >= 4 is 29.1 Å². The van der Waals surface area contributed by atoms with Gasteiger partial charge in [-0.15, -0.1) is 0 Å². The van der Waals surface area contributed by atoms with E-state index in [0.29, 0.717) is 28.5 Å². The van der Waals surface area contributed by atoms with Crippen molar-refractivity contribution < 1.29 is 14.0 Å². The van der Waals surface area contributed by atoms with Gasteiger partial charge < -0.3 is 9.32 Å². The molecule has 0 unspecified atom stereocenters. The van der Waals surface area contributed by atoms with E-state index in [4.69, 9.17) is 16.0 Å². The number of hydrogen-bond acceptors (Lipinski definition) is 4. The smallest absolute Gasteiger partial charge is 0.289 e. The summed E-state index contributed by atoms with van der Waals surface area (Å²) in [4.78, 5) is 26.1. The Labute approximate surface area is 156 Å². The topological polar surface area (TPSA) is 74.9 Å². The molecule has 136 valence electrons. The van der Waals surface area contributed by atoms with Gasteiger partial charge >= 0.3 is 0 Å². The zero-order valence-corrected chi connectivity index (χ0v) is 15.7. The first-order chi connectivity index (χ1) is 12.4. The zero-order valence-electron chi connectivity index (χ0n) is 14.9. The second-order valence-electron chi connectivity index (χ2n) is 6.39. The van der Waals surface area contributed by atoms with Gasteiger partial charge in [-0.1, -0.05) is 23.7 Å². The number of hydrazone groups is 1. The fraction of sp³-hybridized carbons (Fsp3) is 0.316. The second-order valence-corrected chi connectivity index (χ2v) is 6.79. The highest BCUT2D eigenvalue weighted by Crippen LogP contribution is 2.30. The molecule has 1 aromatic carbocycles. The minimum absolute atomic E-state index is 0.184. The van der Waals surface area contributed by atoms with Crippen LogP contribution in [0.5, 0.6) is 0 Å². The number of benzene rings is 1. The average molecular weight is 374 g/mol. The molecule has 0 fully saturated rings. The summed E-state index contributed by atoms with van der Waals surface area (Å²) < 4.78 is 5.79. The van der Waals surface area contributed by atoms with Crippen molar-refractivity contribution in [1.29, 1.82) is 0 Å². The standard InChI is InChI=1S/C19H20ClN3O3/c1-11-16-14(21-22-18(24)12-7-4-5-8-13(12)20)9-6-10-15(16)26-17(11)19(25)23(2)3/h4-5,7-8H,6,9-10H2,1-3H3,(H,22,24)/b21-14+. The van der Waals surface area contributed by atoms with Gasteiger partial charge in [0.1, 0.15) is 5.76 Å². The van der Waals surface area contributed by atoms with Gasteiger partial charge in [-0.05, 0) is 31.9 Å². The summed E-state index contributed by atoms with van der Waals surface area (Å²) in [5.41, 5.74) is 5.22. The molecule has 1 aromatic heterocycles. The lowest BCUT2D eigenvalue weighted by Gasteiger charge is -2.13. The monoisotopic (exact) mass is 373 g/mol. The van der Waals surface area contributed by atoms with Crippen molar-refractivity contribution in [3.05, 3.63) is 57.5 Å². The van der Waals surface area contributed by atoms with Crippen LogP contribution in [0.1, 0.15) is 50.6 Å². The number of nitrogens with one attached hydrogen (secondary N) is 1. The van der Waals surface area contributed by atoms with Crippen molar-refractivity contribution in [3.63, 3.8) is 0 Å². The number of fused-ring (bicyclic) bond motifs is 1. The first kappa shape index (κ1) is 18.2. The minimum atomic E-state index is -0.374. The number of carbonyl (C=O) groups is 2. The number of furan rings is 1. The molecule has 1 N–H and O–H groups in total. The van der Waals surface area contributed by atoms with Gasteiger partial charge in [0.05, 0.1) is 16.3 Å². The quantitative estimate of drug-likeness (QED) is 0.838. The van der Waals surface area contributed by atoms with E-state index in [1.165, 1.54) is 4.90 Å². The molecule has 0 bridgehead atoms. The highest BCUT2D eigenvalue weighted by Gasteiger charge is 2.28. The number of carbonyl (C=O) groups excluding carboxylic acids is 2. The lowest BCUT2D eigenvalue weighted by molar-refractivity contribution is 0.0793. The summed E-state index contributed by atoms with van der Waals surface area (Å²) in [6, 6.07) is 6.80. The number of hydrogen-bond donors (Lipinski definition) is 1. The van der Waals surface area contributed by atoms with Crippen molar-refractivity contribution in [2.45, 2.75) is 26.2 Å². The molecule has 2 amide bonds. The van der Waals surface area contributed by atoms with E-state index in [0.717, 1.165) is 29.7 Å². The third kappa shape index (κ3) is 3.37. The van der Waals surface area contributed by atoms with E-state index >= 15 is 0 Å². The van der Waals surface area contributed by atoms with Crippen LogP contribution in [0.15, 0.2) is 33.8 Å². The molecule has 26 heavy (non-hydrogen) atoms. The van der Waals surface area contributed by atoms with E-state index in [1.54, 1.807) is 38.4 Å². The van der Waals surface area contributed by atoms with Crippen LogP contribution in [0.2, 0.25) is 5.02 Å². The Morgan fingerprint density at radius 1 is 1.23 bits per heavy atom. The van der Waals surface area contributed by atoms with Crippen LogP contribution in [0.4, 0.5) is 0 Å². The molecular weight excluding hydrogens is 354 g/mol.